The highest BCUT2D eigenvalue weighted by Crippen LogP contribution is 2.35. The fourth-order valence-electron chi connectivity index (χ4n) is 2.31. The van der Waals surface area contributed by atoms with E-state index < -0.39 is 0 Å². The van der Waals surface area contributed by atoms with Gasteiger partial charge in [-0.1, -0.05) is 11.2 Å². The van der Waals surface area contributed by atoms with Crippen molar-refractivity contribution >= 4 is 11.0 Å². The van der Waals surface area contributed by atoms with Gasteiger partial charge in [0.05, 0.1) is 11.8 Å². The largest absolute Gasteiger partial charge is 0.356 e. The molecule has 0 aromatic carbocycles. The summed E-state index contributed by atoms with van der Waals surface area (Å²) in [5, 5.41) is 4.93. The molecule has 0 atom stereocenters. The second-order valence-electron chi connectivity index (χ2n) is 4.41. The topological polar surface area (TPSA) is 67.6 Å². The normalized spacial score (nSPS) is 11.0. The zero-order valence-corrected chi connectivity index (χ0v) is 10.4. The first-order valence-electron chi connectivity index (χ1n) is 6.21. The van der Waals surface area contributed by atoms with Crippen LogP contribution in [0.5, 0.6) is 0 Å². The van der Waals surface area contributed by atoms with Crippen LogP contribution < -0.4 is 0 Å². The molecular weight excluding hydrogens is 252 g/mol. The van der Waals surface area contributed by atoms with Gasteiger partial charge < -0.3 is 9.51 Å². The molecule has 4 heterocycles. The number of H-pyrrole nitrogens is 1. The molecule has 0 amide bonds. The molecule has 0 aliphatic heterocycles. The van der Waals surface area contributed by atoms with Crippen molar-refractivity contribution in [1.29, 1.82) is 0 Å². The molecule has 0 aliphatic carbocycles. The van der Waals surface area contributed by atoms with Crippen LogP contribution in [-0.4, -0.2) is 20.1 Å². The maximum absolute atomic E-state index is 5.45. The minimum Gasteiger partial charge on any atom is -0.356 e. The molecule has 0 aliphatic rings. The Morgan fingerprint density at radius 2 is 1.95 bits per heavy atom. The van der Waals surface area contributed by atoms with Crippen LogP contribution in [-0.2, 0) is 0 Å². The summed E-state index contributed by atoms with van der Waals surface area (Å²) in [6.45, 7) is 0. The van der Waals surface area contributed by atoms with E-state index in [-0.39, 0.29) is 0 Å². The van der Waals surface area contributed by atoms with E-state index in [9.17, 15) is 0 Å². The fraction of sp³-hybridized carbons (Fsp3) is 0. The van der Waals surface area contributed by atoms with Crippen LogP contribution in [0.3, 0.4) is 0 Å². The molecule has 0 saturated heterocycles. The molecule has 0 fully saturated rings. The number of nitrogens with zero attached hydrogens (tertiary/aromatic N) is 3. The van der Waals surface area contributed by atoms with Gasteiger partial charge >= 0.3 is 0 Å². The second kappa shape index (κ2) is 4.31. The maximum Gasteiger partial charge on any atom is 0.176 e. The lowest BCUT2D eigenvalue weighted by Crippen LogP contribution is -1.80. The molecule has 0 radical (unpaired) electrons. The zero-order valence-electron chi connectivity index (χ0n) is 10.4. The summed E-state index contributed by atoms with van der Waals surface area (Å²) in [6, 6.07) is 7.78. The summed E-state index contributed by atoms with van der Waals surface area (Å²) in [5.74, 6) is 0.720. The first-order chi connectivity index (χ1) is 9.93. The van der Waals surface area contributed by atoms with Gasteiger partial charge in [0.15, 0.2) is 5.76 Å². The summed E-state index contributed by atoms with van der Waals surface area (Å²) in [4.78, 5) is 11.6. The molecule has 4 aromatic rings. The van der Waals surface area contributed by atoms with Gasteiger partial charge in [0.25, 0.3) is 0 Å². The number of aromatic nitrogens is 4. The Morgan fingerprint density at radius 3 is 2.85 bits per heavy atom. The molecule has 4 aromatic heterocycles. The van der Waals surface area contributed by atoms with E-state index in [1.54, 1.807) is 24.8 Å². The lowest BCUT2D eigenvalue weighted by molar-refractivity contribution is 0.433. The van der Waals surface area contributed by atoms with Gasteiger partial charge in [0, 0.05) is 41.3 Å². The molecule has 0 spiro atoms. The predicted octanol–water partition coefficient (Wildman–Crippen LogP) is 3.28. The van der Waals surface area contributed by atoms with Crippen LogP contribution in [0, 0.1) is 0 Å². The minimum absolute atomic E-state index is 0.720. The van der Waals surface area contributed by atoms with Gasteiger partial charge in [-0.3, -0.25) is 4.98 Å². The van der Waals surface area contributed by atoms with Crippen molar-refractivity contribution in [2.24, 2.45) is 0 Å². The van der Waals surface area contributed by atoms with Crippen molar-refractivity contribution in [1.82, 2.24) is 20.1 Å². The average molecular weight is 262 g/mol. The van der Waals surface area contributed by atoms with Crippen LogP contribution in [0.1, 0.15) is 0 Å². The van der Waals surface area contributed by atoms with Crippen molar-refractivity contribution in [2.75, 3.05) is 0 Å². The SMILES string of the molecule is c1cncc(-c2cnoc2-c2c[nH]c3ncccc23)c1. The Bertz CT molecular complexity index is 864. The van der Waals surface area contributed by atoms with Crippen molar-refractivity contribution in [3.63, 3.8) is 0 Å². The maximum atomic E-state index is 5.45. The molecule has 5 nitrogen and oxygen atoms in total. The van der Waals surface area contributed by atoms with Gasteiger partial charge in [-0.2, -0.15) is 0 Å². The smallest absolute Gasteiger partial charge is 0.176 e. The third-order valence-corrected chi connectivity index (χ3v) is 3.24. The first kappa shape index (κ1) is 10.9. The molecule has 5 heteroatoms. The van der Waals surface area contributed by atoms with Gasteiger partial charge in [-0.15, -0.1) is 0 Å². The van der Waals surface area contributed by atoms with Crippen LogP contribution >= 0.6 is 0 Å². The van der Waals surface area contributed by atoms with Gasteiger partial charge in [-0.05, 0) is 18.2 Å². The summed E-state index contributed by atoms with van der Waals surface area (Å²) >= 11 is 0. The summed E-state index contributed by atoms with van der Waals surface area (Å²) < 4.78 is 5.45. The number of rotatable bonds is 2. The Kier molecular flexibility index (Phi) is 2.35. The van der Waals surface area contributed by atoms with Crippen molar-refractivity contribution < 1.29 is 4.52 Å². The molecule has 0 saturated carbocycles. The zero-order chi connectivity index (χ0) is 13.4. The van der Waals surface area contributed by atoms with Crippen molar-refractivity contribution in [2.45, 2.75) is 0 Å². The summed E-state index contributed by atoms with van der Waals surface area (Å²) in [5.41, 5.74) is 3.67. The Morgan fingerprint density at radius 1 is 1.00 bits per heavy atom. The molecule has 1 N–H and O–H groups in total. The van der Waals surface area contributed by atoms with E-state index in [4.69, 9.17) is 4.52 Å². The van der Waals surface area contributed by atoms with Gasteiger partial charge in [0.2, 0.25) is 0 Å². The van der Waals surface area contributed by atoms with E-state index in [0.717, 1.165) is 33.5 Å². The third-order valence-electron chi connectivity index (χ3n) is 3.24. The number of pyridine rings is 2. The lowest BCUT2D eigenvalue weighted by atomic mass is 10.0. The molecule has 20 heavy (non-hydrogen) atoms. The lowest BCUT2D eigenvalue weighted by Gasteiger charge is -1.99. The average Bonchev–Trinajstić information content (AvgIpc) is 3.14. The van der Waals surface area contributed by atoms with Crippen LogP contribution in [0.25, 0.3) is 33.5 Å². The number of hydrogen-bond donors (Lipinski definition) is 1. The van der Waals surface area contributed by atoms with Gasteiger partial charge in [-0.25, -0.2) is 4.98 Å². The highest BCUT2D eigenvalue weighted by Gasteiger charge is 2.16. The molecule has 0 unspecified atom stereocenters. The molecule has 96 valence electrons. The number of fused-ring (bicyclic) bond motifs is 1. The molecular formula is C15H10N4O. The number of nitrogens with one attached hydrogen (secondary N) is 1. The van der Waals surface area contributed by atoms with Crippen molar-refractivity contribution in [3.05, 3.63) is 55.2 Å². The highest BCUT2D eigenvalue weighted by molar-refractivity contribution is 5.95. The second-order valence-corrected chi connectivity index (χ2v) is 4.41. The standard InChI is InChI=1S/C15H10N4O/c1-3-10(7-16-5-1)12-9-19-20-14(12)13-8-18-15-11(13)4-2-6-17-15/h1-9H,(H,17,18). The predicted molar refractivity (Wildman–Crippen MR) is 74.8 cm³/mol. The van der Waals surface area contributed by atoms with Gasteiger partial charge in [0.1, 0.15) is 5.65 Å². The van der Waals surface area contributed by atoms with E-state index in [2.05, 4.69) is 20.1 Å². The first-order valence-corrected chi connectivity index (χ1v) is 6.21. The van der Waals surface area contributed by atoms with Crippen LogP contribution in [0.2, 0.25) is 0 Å². The summed E-state index contributed by atoms with van der Waals surface area (Å²) in [7, 11) is 0. The highest BCUT2D eigenvalue weighted by atomic mass is 16.5. The number of hydrogen-bond acceptors (Lipinski definition) is 4. The Hall–Kier alpha value is -2.95. The fourth-order valence-corrected chi connectivity index (χ4v) is 2.31. The van der Waals surface area contributed by atoms with E-state index in [0.29, 0.717) is 0 Å². The minimum atomic E-state index is 0.720. The Balaban J connectivity index is 1.94. The third kappa shape index (κ3) is 1.60. The molecule has 0 bridgehead atoms. The molecule has 4 rings (SSSR count). The summed E-state index contributed by atoms with van der Waals surface area (Å²) in [6.07, 6.45) is 8.89. The quantitative estimate of drug-likeness (QED) is 0.602. The monoisotopic (exact) mass is 262 g/mol. The van der Waals surface area contributed by atoms with E-state index in [1.807, 2.05) is 30.5 Å². The van der Waals surface area contributed by atoms with E-state index in [1.165, 1.54) is 0 Å². The Labute approximate surface area is 114 Å². The van der Waals surface area contributed by atoms with Crippen LogP contribution in [0.4, 0.5) is 0 Å². The van der Waals surface area contributed by atoms with Crippen molar-refractivity contribution in [3.8, 4) is 22.5 Å². The van der Waals surface area contributed by atoms with E-state index >= 15 is 0 Å². The van der Waals surface area contributed by atoms with Crippen LogP contribution in [0.15, 0.2) is 59.8 Å². The number of aromatic amines is 1.